The van der Waals surface area contributed by atoms with E-state index in [0.717, 1.165) is 12.0 Å². The van der Waals surface area contributed by atoms with E-state index in [1.54, 1.807) is 0 Å². The second kappa shape index (κ2) is 7.80. The molecule has 1 fully saturated rings. The van der Waals surface area contributed by atoms with E-state index in [1.807, 2.05) is 0 Å². The second-order valence-corrected chi connectivity index (χ2v) is 6.64. The molecule has 1 atom stereocenters. The summed E-state index contributed by atoms with van der Waals surface area (Å²) < 4.78 is 0. The van der Waals surface area contributed by atoms with Crippen molar-refractivity contribution >= 4 is 0 Å². The van der Waals surface area contributed by atoms with Crippen molar-refractivity contribution in [3.63, 3.8) is 0 Å². The molecule has 2 nitrogen and oxygen atoms in total. The molecule has 112 valence electrons. The molecule has 0 amide bonds. The molecule has 2 heteroatoms. The van der Waals surface area contributed by atoms with Crippen molar-refractivity contribution in [3.05, 3.63) is 35.9 Å². The standard InChI is InChI=1S/C18H30N2/c1-15(8-9-16-6-4-3-5-7-16)14-20(2)18-12-10-17(19)11-13-18/h3-7,15,17-18H,8-14,19H2,1-2H3/t15-,17?,18?/m1/s1. The Bertz CT molecular complexity index is 368. The predicted molar refractivity (Wildman–Crippen MR) is 86.8 cm³/mol. The van der Waals surface area contributed by atoms with E-state index in [0.29, 0.717) is 6.04 Å². The van der Waals surface area contributed by atoms with Gasteiger partial charge in [-0.2, -0.15) is 0 Å². The zero-order valence-electron chi connectivity index (χ0n) is 13.1. The highest BCUT2D eigenvalue weighted by molar-refractivity contribution is 5.14. The Labute approximate surface area is 124 Å². The van der Waals surface area contributed by atoms with Gasteiger partial charge in [0.2, 0.25) is 0 Å². The van der Waals surface area contributed by atoms with Gasteiger partial charge in [-0.25, -0.2) is 0 Å². The third-order valence-electron chi connectivity index (χ3n) is 4.73. The van der Waals surface area contributed by atoms with Gasteiger partial charge in [-0.05, 0) is 57.1 Å². The highest BCUT2D eigenvalue weighted by Gasteiger charge is 2.22. The minimum absolute atomic E-state index is 0.454. The number of hydrogen-bond donors (Lipinski definition) is 1. The smallest absolute Gasteiger partial charge is 0.00934 e. The van der Waals surface area contributed by atoms with Crippen LogP contribution in [0.4, 0.5) is 0 Å². The minimum atomic E-state index is 0.454. The summed E-state index contributed by atoms with van der Waals surface area (Å²) in [4.78, 5) is 2.57. The molecule has 0 radical (unpaired) electrons. The molecule has 1 aliphatic rings. The fourth-order valence-corrected chi connectivity index (χ4v) is 3.33. The van der Waals surface area contributed by atoms with Crippen molar-refractivity contribution in [2.75, 3.05) is 13.6 Å². The Hall–Kier alpha value is -0.860. The van der Waals surface area contributed by atoms with Crippen molar-refractivity contribution in [2.45, 2.75) is 57.5 Å². The molecule has 20 heavy (non-hydrogen) atoms. The Kier molecular flexibility index (Phi) is 6.06. The molecule has 0 spiro atoms. The van der Waals surface area contributed by atoms with Gasteiger partial charge in [-0.1, -0.05) is 37.3 Å². The maximum atomic E-state index is 5.99. The lowest BCUT2D eigenvalue weighted by Gasteiger charge is -2.35. The number of aryl methyl sites for hydroxylation is 1. The van der Waals surface area contributed by atoms with Crippen molar-refractivity contribution in [1.29, 1.82) is 0 Å². The normalized spacial score (nSPS) is 24.8. The maximum Gasteiger partial charge on any atom is 0.00934 e. The maximum absolute atomic E-state index is 5.99. The third kappa shape index (κ3) is 4.92. The molecule has 1 aromatic rings. The predicted octanol–water partition coefficient (Wildman–Crippen LogP) is 3.46. The fraction of sp³-hybridized carbons (Fsp3) is 0.667. The lowest BCUT2D eigenvalue weighted by molar-refractivity contribution is 0.161. The topological polar surface area (TPSA) is 29.3 Å². The van der Waals surface area contributed by atoms with Gasteiger partial charge in [0.1, 0.15) is 0 Å². The number of rotatable bonds is 6. The van der Waals surface area contributed by atoms with Gasteiger partial charge in [0, 0.05) is 18.6 Å². The van der Waals surface area contributed by atoms with Crippen molar-refractivity contribution in [3.8, 4) is 0 Å². The average molecular weight is 274 g/mol. The van der Waals surface area contributed by atoms with E-state index in [1.165, 1.54) is 50.6 Å². The molecular formula is C18H30N2. The lowest BCUT2D eigenvalue weighted by Crippen LogP contribution is -2.40. The quantitative estimate of drug-likeness (QED) is 0.861. The molecule has 2 rings (SSSR count). The molecule has 1 aliphatic carbocycles. The van der Waals surface area contributed by atoms with E-state index in [4.69, 9.17) is 5.73 Å². The molecular weight excluding hydrogens is 244 g/mol. The molecule has 0 aliphatic heterocycles. The molecule has 1 saturated carbocycles. The van der Waals surface area contributed by atoms with E-state index < -0.39 is 0 Å². The summed E-state index contributed by atoms with van der Waals surface area (Å²) in [5, 5.41) is 0. The van der Waals surface area contributed by atoms with Gasteiger partial charge in [0.25, 0.3) is 0 Å². The zero-order chi connectivity index (χ0) is 14.4. The van der Waals surface area contributed by atoms with E-state index in [-0.39, 0.29) is 0 Å². The second-order valence-electron chi connectivity index (χ2n) is 6.64. The summed E-state index contributed by atoms with van der Waals surface area (Å²) in [6, 6.07) is 12.0. The molecule has 1 aromatic carbocycles. The van der Waals surface area contributed by atoms with E-state index in [2.05, 4.69) is 49.2 Å². The summed E-state index contributed by atoms with van der Waals surface area (Å²) in [6.07, 6.45) is 7.44. The van der Waals surface area contributed by atoms with Crippen molar-refractivity contribution < 1.29 is 0 Å². The highest BCUT2D eigenvalue weighted by atomic mass is 15.1. The molecule has 0 aromatic heterocycles. The van der Waals surface area contributed by atoms with Crippen molar-refractivity contribution in [2.24, 2.45) is 11.7 Å². The van der Waals surface area contributed by atoms with Crippen LogP contribution in [-0.2, 0) is 6.42 Å². The van der Waals surface area contributed by atoms with Crippen LogP contribution in [0.2, 0.25) is 0 Å². The molecule has 0 heterocycles. The lowest BCUT2D eigenvalue weighted by atomic mass is 9.90. The summed E-state index contributed by atoms with van der Waals surface area (Å²) in [6.45, 7) is 3.60. The summed E-state index contributed by atoms with van der Waals surface area (Å²) in [5.74, 6) is 0.760. The Morgan fingerprint density at radius 1 is 1.15 bits per heavy atom. The van der Waals surface area contributed by atoms with Gasteiger partial charge < -0.3 is 10.6 Å². The van der Waals surface area contributed by atoms with Crippen LogP contribution in [0.3, 0.4) is 0 Å². The van der Waals surface area contributed by atoms with Crippen LogP contribution < -0.4 is 5.73 Å². The first-order valence-electron chi connectivity index (χ1n) is 8.15. The summed E-state index contributed by atoms with van der Waals surface area (Å²) in [5.41, 5.74) is 7.46. The molecule has 0 unspecified atom stereocenters. The van der Waals surface area contributed by atoms with Gasteiger partial charge in [0.15, 0.2) is 0 Å². The molecule has 0 saturated heterocycles. The van der Waals surface area contributed by atoms with Crippen LogP contribution in [0.15, 0.2) is 30.3 Å². The van der Waals surface area contributed by atoms with Crippen LogP contribution in [0, 0.1) is 5.92 Å². The molecule has 2 N–H and O–H groups in total. The first kappa shape index (κ1) is 15.5. The van der Waals surface area contributed by atoms with Crippen LogP contribution >= 0.6 is 0 Å². The highest BCUT2D eigenvalue weighted by Crippen LogP contribution is 2.22. The van der Waals surface area contributed by atoms with Gasteiger partial charge in [0.05, 0.1) is 0 Å². The Morgan fingerprint density at radius 2 is 1.80 bits per heavy atom. The van der Waals surface area contributed by atoms with Gasteiger partial charge >= 0.3 is 0 Å². The van der Waals surface area contributed by atoms with Crippen molar-refractivity contribution in [1.82, 2.24) is 4.90 Å². The zero-order valence-corrected chi connectivity index (χ0v) is 13.1. The van der Waals surface area contributed by atoms with Crippen LogP contribution in [0.1, 0.15) is 44.6 Å². The van der Waals surface area contributed by atoms with Crippen LogP contribution in [0.25, 0.3) is 0 Å². The summed E-state index contributed by atoms with van der Waals surface area (Å²) >= 11 is 0. The fourth-order valence-electron chi connectivity index (χ4n) is 3.33. The first-order valence-corrected chi connectivity index (χ1v) is 8.15. The van der Waals surface area contributed by atoms with E-state index in [9.17, 15) is 0 Å². The number of nitrogens with zero attached hydrogens (tertiary/aromatic N) is 1. The largest absolute Gasteiger partial charge is 0.328 e. The number of benzene rings is 1. The Morgan fingerprint density at radius 3 is 2.45 bits per heavy atom. The SMILES string of the molecule is C[C@H](CCc1ccccc1)CN(C)C1CCC(N)CC1. The summed E-state index contributed by atoms with van der Waals surface area (Å²) in [7, 11) is 2.29. The van der Waals surface area contributed by atoms with E-state index >= 15 is 0 Å². The third-order valence-corrected chi connectivity index (χ3v) is 4.73. The van der Waals surface area contributed by atoms with Gasteiger partial charge in [-0.3, -0.25) is 0 Å². The average Bonchev–Trinajstić information content (AvgIpc) is 2.47. The Balaban J connectivity index is 1.69. The first-order chi connectivity index (χ1) is 9.65. The van der Waals surface area contributed by atoms with Gasteiger partial charge in [-0.15, -0.1) is 0 Å². The number of nitrogens with two attached hydrogens (primary N) is 1. The number of hydrogen-bond acceptors (Lipinski definition) is 2. The monoisotopic (exact) mass is 274 g/mol. The minimum Gasteiger partial charge on any atom is -0.328 e. The molecule has 0 bridgehead atoms. The van der Waals surface area contributed by atoms with Crippen LogP contribution in [-0.4, -0.2) is 30.6 Å². The van der Waals surface area contributed by atoms with Crippen LogP contribution in [0.5, 0.6) is 0 Å².